The van der Waals surface area contributed by atoms with Gasteiger partial charge in [-0.3, -0.25) is 5.43 Å². The van der Waals surface area contributed by atoms with Gasteiger partial charge in [0.2, 0.25) is 0 Å². The van der Waals surface area contributed by atoms with Gasteiger partial charge in [-0.05, 0) is 29.8 Å². The van der Waals surface area contributed by atoms with Gasteiger partial charge < -0.3 is 0 Å². The topological polar surface area (TPSA) is 73.8 Å². The minimum absolute atomic E-state index is 0.215. The van der Waals surface area contributed by atoms with Gasteiger partial charge in [0.15, 0.2) is 15.7 Å². The van der Waals surface area contributed by atoms with E-state index >= 15 is 0 Å². The number of hydrogen-bond donors (Lipinski definition) is 2. The van der Waals surface area contributed by atoms with E-state index < -0.39 is 9.84 Å². The molecule has 8 heteroatoms. The third-order valence-electron chi connectivity index (χ3n) is 3.25. The predicted octanol–water partition coefficient (Wildman–Crippen LogP) is 1.95. The molecule has 0 spiro atoms. The second kappa shape index (κ2) is 6.57. The van der Waals surface area contributed by atoms with Gasteiger partial charge >= 0.3 is 0 Å². The number of hydrazine groups is 2. The van der Waals surface area contributed by atoms with Crippen molar-refractivity contribution in [2.45, 2.75) is 11.4 Å². The summed E-state index contributed by atoms with van der Waals surface area (Å²) in [4.78, 5) is 0.216. The van der Waals surface area contributed by atoms with E-state index in [-0.39, 0.29) is 10.6 Å². The van der Waals surface area contributed by atoms with Crippen molar-refractivity contribution in [3.8, 4) is 0 Å². The summed E-state index contributed by atoms with van der Waals surface area (Å²) in [6, 6.07) is 15.9. The summed E-state index contributed by atoms with van der Waals surface area (Å²) < 4.78 is 24.7. The smallest absolute Gasteiger partial charge is 0.185 e. The molecule has 1 aliphatic rings. The van der Waals surface area contributed by atoms with Crippen molar-refractivity contribution in [3.63, 3.8) is 0 Å². The van der Waals surface area contributed by atoms with Crippen molar-refractivity contribution in [3.05, 3.63) is 65.2 Å². The number of nitrogens with zero attached hydrogens (tertiary/aromatic N) is 2. The van der Waals surface area contributed by atoms with Gasteiger partial charge in [0.25, 0.3) is 0 Å². The first-order valence-corrected chi connectivity index (χ1v) is 8.95. The van der Waals surface area contributed by atoms with E-state index in [1.807, 2.05) is 30.3 Å². The van der Waals surface area contributed by atoms with Crippen molar-refractivity contribution < 1.29 is 8.42 Å². The summed E-state index contributed by atoms with van der Waals surface area (Å²) in [6.45, 7) is 0.550. The fourth-order valence-electron chi connectivity index (χ4n) is 2.14. The molecule has 0 aromatic heterocycles. The quantitative estimate of drug-likeness (QED) is 0.862. The summed E-state index contributed by atoms with van der Waals surface area (Å²) in [5, 5.41) is 6.14. The van der Waals surface area contributed by atoms with E-state index in [4.69, 9.17) is 11.6 Å². The highest BCUT2D eigenvalue weighted by Gasteiger charge is 2.22. The Kier molecular flexibility index (Phi) is 4.51. The first kappa shape index (κ1) is 15.8. The number of hydrazone groups is 1. The van der Waals surface area contributed by atoms with Crippen molar-refractivity contribution >= 4 is 27.3 Å². The molecule has 0 saturated carbocycles. The maximum atomic E-state index is 12.4. The molecule has 120 valence electrons. The number of amidine groups is 1. The molecule has 0 amide bonds. The van der Waals surface area contributed by atoms with E-state index in [0.717, 1.165) is 5.56 Å². The molecule has 2 aromatic rings. The number of rotatable bonds is 5. The number of sulfone groups is 1. The van der Waals surface area contributed by atoms with Gasteiger partial charge in [-0.2, -0.15) is 0 Å². The lowest BCUT2D eigenvalue weighted by atomic mass is 10.2. The average molecular weight is 351 g/mol. The Bertz CT molecular complexity index is 807. The number of nitrogens with one attached hydrogen (secondary N) is 2. The second-order valence-electron chi connectivity index (χ2n) is 5.06. The molecule has 2 N–H and O–H groups in total. The van der Waals surface area contributed by atoms with Crippen LogP contribution in [0.15, 0.2) is 64.6 Å². The van der Waals surface area contributed by atoms with Gasteiger partial charge in [0, 0.05) is 5.02 Å². The van der Waals surface area contributed by atoms with Crippen LogP contribution in [0.25, 0.3) is 0 Å². The van der Waals surface area contributed by atoms with E-state index in [0.29, 0.717) is 17.4 Å². The zero-order valence-electron chi connectivity index (χ0n) is 12.1. The Hall–Kier alpha value is -2.09. The van der Waals surface area contributed by atoms with Gasteiger partial charge in [0.05, 0.1) is 11.4 Å². The van der Waals surface area contributed by atoms with Crippen LogP contribution < -0.4 is 11.0 Å². The molecule has 23 heavy (non-hydrogen) atoms. The van der Waals surface area contributed by atoms with E-state index in [2.05, 4.69) is 16.1 Å². The molecule has 0 saturated heterocycles. The van der Waals surface area contributed by atoms with Crippen LogP contribution in [-0.4, -0.2) is 25.1 Å². The Morgan fingerprint density at radius 2 is 1.74 bits per heavy atom. The maximum absolute atomic E-state index is 12.4. The maximum Gasteiger partial charge on any atom is 0.185 e. The Morgan fingerprint density at radius 3 is 2.43 bits per heavy atom. The van der Waals surface area contributed by atoms with E-state index in [1.54, 1.807) is 17.3 Å². The highest BCUT2D eigenvalue weighted by atomic mass is 35.5. The number of halogens is 1. The minimum atomic E-state index is -3.48. The van der Waals surface area contributed by atoms with Gasteiger partial charge in [-0.15, -0.1) is 10.2 Å². The van der Waals surface area contributed by atoms with Crippen LogP contribution in [0.5, 0.6) is 0 Å². The first-order chi connectivity index (χ1) is 11.0. The highest BCUT2D eigenvalue weighted by Crippen LogP contribution is 2.16. The molecule has 6 nitrogen and oxygen atoms in total. The second-order valence-corrected chi connectivity index (χ2v) is 7.48. The molecule has 0 atom stereocenters. The van der Waals surface area contributed by atoms with Crippen LogP contribution in [0.2, 0.25) is 5.02 Å². The monoisotopic (exact) mass is 350 g/mol. The lowest BCUT2D eigenvalue weighted by Crippen LogP contribution is -2.42. The number of benzene rings is 2. The molecule has 1 heterocycles. The molecule has 0 aliphatic carbocycles. The van der Waals surface area contributed by atoms with Crippen molar-refractivity contribution in [1.29, 1.82) is 0 Å². The third kappa shape index (κ3) is 4.01. The Labute approximate surface area is 139 Å². The van der Waals surface area contributed by atoms with E-state index in [1.165, 1.54) is 12.1 Å². The normalized spacial score (nSPS) is 14.9. The van der Waals surface area contributed by atoms with E-state index in [9.17, 15) is 8.42 Å². The van der Waals surface area contributed by atoms with Crippen LogP contribution in [0, 0.1) is 0 Å². The molecule has 0 unspecified atom stereocenters. The zero-order chi connectivity index (χ0) is 16.3. The summed E-state index contributed by atoms with van der Waals surface area (Å²) >= 11 is 5.78. The Balaban J connectivity index is 1.62. The summed E-state index contributed by atoms with van der Waals surface area (Å²) in [5.41, 5.74) is 6.78. The van der Waals surface area contributed by atoms with Crippen LogP contribution in [-0.2, 0) is 16.4 Å². The molecule has 1 aliphatic heterocycles. The van der Waals surface area contributed by atoms with Gasteiger partial charge in [0.1, 0.15) is 5.75 Å². The largest absolute Gasteiger partial charge is 0.285 e. The average Bonchev–Trinajstić information content (AvgIpc) is 2.95. The molecule has 2 aromatic carbocycles. The fourth-order valence-corrected chi connectivity index (χ4v) is 3.47. The molecule has 0 bridgehead atoms. The summed E-state index contributed by atoms with van der Waals surface area (Å²) in [7, 11) is -3.48. The van der Waals surface area contributed by atoms with Gasteiger partial charge in [-0.25, -0.2) is 14.0 Å². The zero-order valence-corrected chi connectivity index (χ0v) is 13.7. The van der Waals surface area contributed by atoms with Gasteiger partial charge in [-0.1, -0.05) is 41.9 Å². The third-order valence-corrected chi connectivity index (χ3v) is 5.15. The predicted molar refractivity (Wildman–Crippen MR) is 89.2 cm³/mol. The SMILES string of the molecule is O=S(=O)(CC1=NNN(Cc2ccccc2)N1)c1ccc(Cl)cc1. The van der Waals surface area contributed by atoms with Crippen LogP contribution in [0.3, 0.4) is 0 Å². The molecule has 0 radical (unpaired) electrons. The standard InChI is InChI=1S/C15H15ClN4O2S/c16-13-6-8-14(9-7-13)23(21,22)11-15-17-19-20(18-15)10-12-4-2-1-3-5-12/h1-9,19H,10-11H2,(H,17,18). The molecular weight excluding hydrogens is 336 g/mol. The molecule has 3 rings (SSSR count). The highest BCUT2D eigenvalue weighted by molar-refractivity contribution is 7.92. The van der Waals surface area contributed by atoms with Crippen molar-refractivity contribution in [2.75, 3.05) is 5.75 Å². The van der Waals surface area contributed by atoms with Crippen LogP contribution in [0.4, 0.5) is 0 Å². The number of hydrogen-bond acceptors (Lipinski definition) is 6. The van der Waals surface area contributed by atoms with Crippen molar-refractivity contribution in [2.24, 2.45) is 5.10 Å². The summed E-state index contributed by atoms with van der Waals surface area (Å²) in [5.74, 6) is 0.128. The van der Waals surface area contributed by atoms with Crippen LogP contribution in [0.1, 0.15) is 5.56 Å². The lowest BCUT2D eigenvalue weighted by molar-refractivity contribution is 0.169. The minimum Gasteiger partial charge on any atom is -0.285 e. The molecule has 0 fully saturated rings. The van der Waals surface area contributed by atoms with Crippen LogP contribution >= 0.6 is 11.6 Å². The summed E-state index contributed by atoms with van der Waals surface area (Å²) in [6.07, 6.45) is 0. The first-order valence-electron chi connectivity index (χ1n) is 6.91. The lowest BCUT2D eigenvalue weighted by Gasteiger charge is -2.15. The molecular formula is C15H15ClN4O2S. The van der Waals surface area contributed by atoms with Crippen molar-refractivity contribution in [1.82, 2.24) is 16.1 Å². The fraction of sp³-hybridized carbons (Fsp3) is 0.133. The Morgan fingerprint density at radius 1 is 1.04 bits per heavy atom.